The second-order valence-electron chi connectivity index (χ2n) is 3.61. The first-order valence-corrected chi connectivity index (χ1v) is 6.19. The van der Waals surface area contributed by atoms with E-state index in [0.29, 0.717) is 0 Å². The van der Waals surface area contributed by atoms with E-state index in [9.17, 15) is 0 Å². The van der Waals surface area contributed by atoms with Gasteiger partial charge in [-0.1, -0.05) is 40.2 Å². The van der Waals surface area contributed by atoms with Gasteiger partial charge in [-0.05, 0) is 42.3 Å². The lowest BCUT2D eigenvalue weighted by Gasteiger charge is -2.05. The van der Waals surface area contributed by atoms with Gasteiger partial charge in [0.2, 0.25) is 0 Å². The maximum atomic E-state index is 3.44. The number of hydrogen-bond donors (Lipinski definition) is 1. The van der Waals surface area contributed by atoms with Crippen molar-refractivity contribution in [2.45, 2.75) is 6.92 Å². The average Bonchev–Trinajstić information content (AvgIpc) is 2.32. The summed E-state index contributed by atoms with van der Waals surface area (Å²) in [6.45, 7) is 3.06. The van der Waals surface area contributed by atoms with E-state index < -0.39 is 0 Å². The van der Waals surface area contributed by atoms with Gasteiger partial charge in [-0.15, -0.1) is 0 Å². The molecule has 0 aliphatic carbocycles. The second kappa shape index (κ2) is 5.17. The lowest BCUT2D eigenvalue weighted by molar-refractivity contribution is 1.21. The summed E-state index contributed by atoms with van der Waals surface area (Å²) in [5.74, 6) is 0. The quantitative estimate of drug-likeness (QED) is 0.867. The van der Waals surface area contributed by atoms with Crippen LogP contribution in [0, 0.1) is 0 Å². The number of benzene rings is 2. The van der Waals surface area contributed by atoms with Crippen molar-refractivity contribution in [3.8, 4) is 11.1 Å². The van der Waals surface area contributed by atoms with Crippen molar-refractivity contribution in [2.75, 3.05) is 11.9 Å². The van der Waals surface area contributed by atoms with Gasteiger partial charge in [-0.3, -0.25) is 0 Å². The molecule has 2 rings (SSSR count). The average molecular weight is 276 g/mol. The van der Waals surface area contributed by atoms with Crippen LogP contribution in [0.5, 0.6) is 0 Å². The van der Waals surface area contributed by atoms with Crippen LogP contribution in [-0.4, -0.2) is 6.54 Å². The summed E-state index contributed by atoms with van der Waals surface area (Å²) < 4.78 is 1.11. The van der Waals surface area contributed by atoms with Crippen LogP contribution in [0.2, 0.25) is 0 Å². The smallest absolute Gasteiger partial charge is 0.0340 e. The van der Waals surface area contributed by atoms with Crippen LogP contribution in [0.1, 0.15) is 6.92 Å². The first kappa shape index (κ1) is 11.2. The van der Waals surface area contributed by atoms with Crippen molar-refractivity contribution >= 4 is 21.6 Å². The lowest BCUT2D eigenvalue weighted by Crippen LogP contribution is -1.95. The Balaban J connectivity index is 2.24. The first-order valence-electron chi connectivity index (χ1n) is 5.39. The normalized spacial score (nSPS) is 10.1. The van der Waals surface area contributed by atoms with Crippen LogP contribution < -0.4 is 5.32 Å². The molecule has 0 bridgehead atoms. The Labute approximate surface area is 105 Å². The predicted molar refractivity (Wildman–Crippen MR) is 73.7 cm³/mol. The minimum atomic E-state index is 0.956. The highest BCUT2D eigenvalue weighted by Gasteiger charge is 1.97. The Morgan fingerprint density at radius 3 is 1.88 bits per heavy atom. The van der Waals surface area contributed by atoms with Gasteiger partial charge < -0.3 is 5.32 Å². The summed E-state index contributed by atoms with van der Waals surface area (Å²) in [6.07, 6.45) is 0. The molecule has 1 N–H and O–H groups in total. The zero-order valence-corrected chi connectivity index (χ0v) is 10.8. The Hall–Kier alpha value is -1.28. The summed E-state index contributed by atoms with van der Waals surface area (Å²) in [5.41, 5.74) is 3.66. The molecule has 1 nitrogen and oxygen atoms in total. The highest BCUT2D eigenvalue weighted by atomic mass is 79.9. The Bertz CT molecular complexity index is 445. The fraction of sp³-hybridized carbons (Fsp3) is 0.143. The van der Waals surface area contributed by atoms with Gasteiger partial charge in [0.25, 0.3) is 0 Å². The summed E-state index contributed by atoms with van der Waals surface area (Å²) in [7, 11) is 0. The molecule has 0 aromatic heterocycles. The van der Waals surface area contributed by atoms with Crippen LogP contribution in [0.25, 0.3) is 11.1 Å². The molecule has 82 valence electrons. The monoisotopic (exact) mass is 275 g/mol. The molecule has 0 atom stereocenters. The Morgan fingerprint density at radius 1 is 0.875 bits per heavy atom. The maximum Gasteiger partial charge on any atom is 0.0340 e. The highest BCUT2D eigenvalue weighted by molar-refractivity contribution is 9.10. The van der Waals surface area contributed by atoms with E-state index in [4.69, 9.17) is 0 Å². The van der Waals surface area contributed by atoms with Crippen molar-refractivity contribution in [2.24, 2.45) is 0 Å². The van der Waals surface area contributed by atoms with Crippen molar-refractivity contribution in [1.82, 2.24) is 0 Å². The van der Waals surface area contributed by atoms with Crippen molar-refractivity contribution in [3.63, 3.8) is 0 Å². The molecule has 0 aliphatic heterocycles. The number of halogens is 1. The van der Waals surface area contributed by atoms with Crippen molar-refractivity contribution < 1.29 is 0 Å². The third-order valence-electron chi connectivity index (χ3n) is 2.44. The van der Waals surface area contributed by atoms with E-state index in [1.807, 2.05) is 0 Å². The Morgan fingerprint density at radius 2 is 1.38 bits per heavy atom. The molecule has 0 saturated carbocycles. The summed E-state index contributed by atoms with van der Waals surface area (Å²) >= 11 is 3.44. The van der Waals surface area contributed by atoms with Crippen LogP contribution in [0.15, 0.2) is 53.0 Å². The third-order valence-corrected chi connectivity index (χ3v) is 2.97. The summed E-state index contributed by atoms with van der Waals surface area (Å²) in [5, 5.41) is 3.29. The highest BCUT2D eigenvalue weighted by Crippen LogP contribution is 2.23. The first-order chi connectivity index (χ1) is 7.79. The standard InChI is InChI=1S/C14H14BrN/c1-2-16-14-9-5-12(6-10-14)11-3-7-13(15)8-4-11/h3-10,16H,2H2,1H3. The predicted octanol–water partition coefficient (Wildman–Crippen LogP) is 4.55. The molecule has 0 spiro atoms. The van der Waals surface area contributed by atoms with Crippen LogP contribution in [-0.2, 0) is 0 Å². The van der Waals surface area contributed by atoms with Gasteiger partial charge in [0.05, 0.1) is 0 Å². The van der Waals surface area contributed by atoms with Crippen LogP contribution >= 0.6 is 15.9 Å². The third kappa shape index (κ3) is 2.64. The molecule has 0 aliphatic rings. The van der Waals surface area contributed by atoms with Crippen molar-refractivity contribution in [3.05, 3.63) is 53.0 Å². The topological polar surface area (TPSA) is 12.0 Å². The molecule has 2 heteroatoms. The molecule has 0 saturated heterocycles. The Kier molecular flexibility index (Phi) is 3.62. The van der Waals surface area contributed by atoms with Gasteiger partial charge in [0.15, 0.2) is 0 Å². The molecule has 0 amide bonds. The molecular formula is C14H14BrN. The SMILES string of the molecule is CCNc1ccc(-c2ccc(Br)cc2)cc1. The summed E-state index contributed by atoms with van der Waals surface area (Å²) in [6, 6.07) is 16.9. The minimum absolute atomic E-state index is 0.956. The number of nitrogens with one attached hydrogen (secondary N) is 1. The van der Waals surface area contributed by atoms with Gasteiger partial charge in [-0.25, -0.2) is 0 Å². The molecule has 0 radical (unpaired) electrons. The van der Waals surface area contributed by atoms with E-state index in [-0.39, 0.29) is 0 Å². The van der Waals surface area contributed by atoms with Gasteiger partial charge in [0.1, 0.15) is 0 Å². The number of rotatable bonds is 3. The van der Waals surface area contributed by atoms with Crippen LogP contribution in [0.4, 0.5) is 5.69 Å². The summed E-state index contributed by atoms with van der Waals surface area (Å²) in [4.78, 5) is 0. The largest absolute Gasteiger partial charge is 0.385 e. The fourth-order valence-electron chi connectivity index (χ4n) is 1.63. The van der Waals surface area contributed by atoms with E-state index >= 15 is 0 Å². The van der Waals surface area contributed by atoms with E-state index in [1.165, 1.54) is 16.8 Å². The second-order valence-corrected chi connectivity index (χ2v) is 4.53. The van der Waals surface area contributed by atoms with Gasteiger partial charge in [-0.2, -0.15) is 0 Å². The molecular weight excluding hydrogens is 262 g/mol. The van der Waals surface area contributed by atoms with E-state index in [1.54, 1.807) is 0 Å². The van der Waals surface area contributed by atoms with Crippen molar-refractivity contribution in [1.29, 1.82) is 0 Å². The lowest BCUT2D eigenvalue weighted by atomic mass is 10.1. The minimum Gasteiger partial charge on any atom is -0.385 e. The van der Waals surface area contributed by atoms with Gasteiger partial charge >= 0.3 is 0 Å². The molecule has 0 fully saturated rings. The van der Waals surface area contributed by atoms with Crippen LogP contribution in [0.3, 0.4) is 0 Å². The molecule has 2 aromatic carbocycles. The number of hydrogen-bond acceptors (Lipinski definition) is 1. The molecule has 2 aromatic rings. The molecule has 0 heterocycles. The maximum absolute atomic E-state index is 3.44. The zero-order chi connectivity index (χ0) is 11.4. The molecule has 0 unspecified atom stereocenters. The zero-order valence-electron chi connectivity index (χ0n) is 9.20. The number of anilines is 1. The van der Waals surface area contributed by atoms with Gasteiger partial charge in [0, 0.05) is 16.7 Å². The van der Waals surface area contributed by atoms with E-state index in [2.05, 4.69) is 76.7 Å². The molecule has 16 heavy (non-hydrogen) atoms. The fourth-order valence-corrected chi connectivity index (χ4v) is 1.89. The van der Waals surface area contributed by atoms with E-state index in [0.717, 1.165) is 11.0 Å².